The van der Waals surface area contributed by atoms with Gasteiger partial charge in [0.05, 0.1) is 17.9 Å². The number of pyridine rings is 1. The van der Waals surface area contributed by atoms with Crippen LogP contribution < -0.4 is 20.7 Å². The Balaban J connectivity index is 1.31. The van der Waals surface area contributed by atoms with Crippen LogP contribution >= 0.6 is 0 Å². The molecule has 3 aromatic heterocycles. The largest absolute Gasteiger partial charge is 0.484 e. The second kappa shape index (κ2) is 13.6. The fraction of sp³-hybridized carbons (Fsp3) is 0.471. The summed E-state index contributed by atoms with van der Waals surface area (Å²) in [7, 11) is 5.51. The van der Waals surface area contributed by atoms with E-state index in [1.165, 1.54) is 0 Å². The molecule has 1 aliphatic rings. The Morgan fingerprint density at radius 2 is 1.74 bits per heavy atom. The number of nitrogens with zero attached hydrogens (tertiary/aromatic N) is 6. The van der Waals surface area contributed by atoms with Gasteiger partial charge in [0, 0.05) is 31.7 Å². The maximum Gasteiger partial charge on any atom is 0.320 e. The number of anilines is 1. The number of hydrogen-bond donors (Lipinski definition) is 3. The third-order valence-corrected chi connectivity index (χ3v) is 8.23. The third-order valence-electron chi connectivity index (χ3n) is 8.23. The third kappa shape index (κ3) is 7.86. The van der Waals surface area contributed by atoms with Gasteiger partial charge in [0.2, 0.25) is 5.82 Å². The van der Waals surface area contributed by atoms with E-state index in [0.29, 0.717) is 48.8 Å². The first-order chi connectivity index (χ1) is 22.2. The van der Waals surface area contributed by atoms with Gasteiger partial charge in [-0.25, -0.2) is 14.8 Å². The van der Waals surface area contributed by atoms with Crippen molar-refractivity contribution in [1.82, 2.24) is 40.1 Å². The molecule has 13 nitrogen and oxygen atoms in total. The van der Waals surface area contributed by atoms with Crippen molar-refractivity contribution < 1.29 is 19.1 Å². The molecule has 0 saturated heterocycles. The molecule has 3 heterocycles. The molecule has 250 valence electrons. The van der Waals surface area contributed by atoms with Gasteiger partial charge in [0.25, 0.3) is 5.91 Å². The first kappa shape index (κ1) is 33.7. The summed E-state index contributed by atoms with van der Waals surface area (Å²) < 4.78 is 14.1. The zero-order valence-electron chi connectivity index (χ0n) is 28.4. The monoisotopic (exact) mass is 643 g/mol. The Hall–Kier alpha value is -4.62. The Bertz CT molecular complexity index is 1750. The maximum absolute atomic E-state index is 13.3. The summed E-state index contributed by atoms with van der Waals surface area (Å²) in [5.74, 6) is 1.23. The van der Waals surface area contributed by atoms with Crippen molar-refractivity contribution in [2.45, 2.75) is 70.6 Å². The summed E-state index contributed by atoms with van der Waals surface area (Å²) in [6.45, 7) is 11.0. The van der Waals surface area contributed by atoms with Gasteiger partial charge < -0.3 is 25.0 Å². The van der Waals surface area contributed by atoms with E-state index in [2.05, 4.69) is 36.1 Å². The van der Waals surface area contributed by atoms with Crippen LogP contribution in [0.2, 0.25) is 0 Å². The Labute approximate surface area is 275 Å². The van der Waals surface area contributed by atoms with Crippen molar-refractivity contribution in [2.24, 2.45) is 0 Å². The highest BCUT2D eigenvalue weighted by Gasteiger charge is 2.31. The normalized spacial score (nSPS) is 16.5. The van der Waals surface area contributed by atoms with Crippen LogP contribution in [0.1, 0.15) is 92.9 Å². The lowest BCUT2D eigenvalue weighted by molar-refractivity contribution is 0.0106. The predicted octanol–water partition coefficient (Wildman–Crippen LogP) is 4.77. The fourth-order valence-electron chi connectivity index (χ4n) is 5.41. The van der Waals surface area contributed by atoms with Crippen LogP contribution in [-0.4, -0.2) is 75.7 Å². The molecule has 0 unspecified atom stereocenters. The lowest BCUT2D eigenvalue weighted by Crippen LogP contribution is -2.36. The van der Waals surface area contributed by atoms with Crippen LogP contribution in [0.3, 0.4) is 0 Å². The van der Waals surface area contributed by atoms with Gasteiger partial charge in [-0.3, -0.25) is 14.5 Å². The topological polar surface area (TPSA) is 148 Å². The molecule has 1 aliphatic carbocycles. The summed E-state index contributed by atoms with van der Waals surface area (Å²) >= 11 is 0. The van der Waals surface area contributed by atoms with E-state index in [9.17, 15) is 9.59 Å². The number of carbonyl (C=O) groups is 2. The molecular weight excluding hydrogens is 598 g/mol. The lowest BCUT2D eigenvalue weighted by atomic mass is 9.85. The molecular formula is C34H45N9O4. The Morgan fingerprint density at radius 1 is 1.00 bits per heavy atom. The summed E-state index contributed by atoms with van der Waals surface area (Å²) in [5.41, 5.74) is 2.32. The smallest absolute Gasteiger partial charge is 0.320 e. The fourth-order valence-corrected chi connectivity index (χ4v) is 5.41. The molecule has 0 aliphatic heterocycles. The van der Waals surface area contributed by atoms with Gasteiger partial charge >= 0.3 is 6.03 Å². The summed E-state index contributed by atoms with van der Waals surface area (Å²) in [4.78, 5) is 37.1. The molecule has 0 fully saturated rings. The number of methoxy groups -OCH3 is 1. The van der Waals surface area contributed by atoms with E-state index in [-0.39, 0.29) is 29.2 Å². The Morgan fingerprint density at radius 3 is 2.45 bits per heavy atom. The van der Waals surface area contributed by atoms with Crippen LogP contribution in [-0.2, 0) is 15.8 Å². The predicted molar refractivity (Wildman–Crippen MR) is 179 cm³/mol. The van der Waals surface area contributed by atoms with Gasteiger partial charge in [-0.15, -0.1) is 10.2 Å². The molecule has 0 bridgehead atoms. The van der Waals surface area contributed by atoms with Gasteiger partial charge in [0.15, 0.2) is 11.5 Å². The molecule has 0 saturated carbocycles. The number of carbonyl (C=O) groups excluding carboxylic acids is 2. The van der Waals surface area contributed by atoms with Crippen LogP contribution in [0, 0.1) is 0 Å². The molecule has 5 rings (SSSR count). The number of nitrogens with one attached hydrogen (secondary N) is 3. The van der Waals surface area contributed by atoms with Crippen molar-refractivity contribution >= 4 is 23.4 Å². The van der Waals surface area contributed by atoms with Crippen molar-refractivity contribution in [3.05, 3.63) is 77.1 Å². The van der Waals surface area contributed by atoms with Crippen molar-refractivity contribution in [1.29, 1.82) is 0 Å². The summed E-state index contributed by atoms with van der Waals surface area (Å²) in [6.07, 6.45) is 3.00. The quantitative estimate of drug-likeness (QED) is 0.222. The minimum Gasteiger partial charge on any atom is -0.484 e. The number of likely N-dealkylation sites (N-methyl/N-ethyl adjacent to an activating group) is 1. The average Bonchev–Trinajstić information content (AvgIpc) is 3.46. The molecule has 0 radical (unpaired) electrons. The van der Waals surface area contributed by atoms with Crippen LogP contribution in [0.4, 0.5) is 10.6 Å². The van der Waals surface area contributed by atoms with E-state index >= 15 is 0 Å². The number of ether oxygens (including phenoxy) is 2. The number of amides is 3. The van der Waals surface area contributed by atoms with Crippen LogP contribution in [0.5, 0.6) is 5.75 Å². The first-order valence-electron chi connectivity index (χ1n) is 15.8. The number of rotatable bonds is 10. The number of aromatic nitrogens is 5. The van der Waals surface area contributed by atoms with Crippen LogP contribution in [0.15, 0.2) is 48.7 Å². The second-order valence-electron chi connectivity index (χ2n) is 13.6. The minimum absolute atomic E-state index is 0.0112. The SMILES string of the molecule is COC(C)(C)c1nnc2ccc(O[C@@H]3CC[C@H](NC(=O)Nc4cc(C(C)(C)C)nc(C(=O)NCCN(C)C)n4)c4ccccc43)cn12. The number of urea groups is 1. The number of benzene rings is 1. The zero-order chi connectivity index (χ0) is 33.9. The molecule has 3 amide bonds. The summed E-state index contributed by atoms with van der Waals surface area (Å²) in [6, 6.07) is 12.8. The van der Waals surface area contributed by atoms with Gasteiger partial charge in [-0.05, 0) is 64.0 Å². The van der Waals surface area contributed by atoms with Crippen molar-refractivity contribution in [2.75, 3.05) is 39.6 Å². The highest BCUT2D eigenvalue weighted by molar-refractivity contribution is 5.92. The average molecular weight is 644 g/mol. The first-order valence-corrected chi connectivity index (χ1v) is 15.8. The molecule has 13 heteroatoms. The van der Waals surface area contributed by atoms with Crippen molar-refractivity contribution in [3.8, 4) is 5.75 Å². The van der Waals surface area contributed by atoms with Crippen molar-refractivity contribution in [3.63, 3.8) is 0 Å². The van der Waals surface area contributed by atoms with Gasteiger partial charge in [-0.2, -0.15) is 0 Å². The molecule has 4 aromatic rings. The van der Waals surface area contributed by atoms with E-state index in [0.717, 1.165) is 11.1 Å². The maximum atomic E-state index is 13.3. The minimum atomic E-state index is -0.630. The van der Waals surface area contributed by atoms with E-state index in [4.69, 9.17) is 9.47 Å². The molecule has 2 atom stereocenters. The van der Waals surface area contributed by atoms with E-state index < -0.39 is 17.5 Å². The van der Waals surface area contributed by atoms with E-state index in [1.54, 1.807) is 13.2 Å². The van der Waals surface area contributed by atoms with Crippen LogP contribution in [0.25, 0.3) is 5.65 Å². The molecule has 47 heavy (non-hydrogen) atoms. The second-order valence-corrected chi connectivity index (χ2v) is 13.6. The lowest BCUT2D eigenvalue weighted by Gasteiger charge is -2.32. The number of fused-ring (bicyclic) bond motifs is 2. The van der Waals surface area contributed by atoms with Gasteiger partial charge in [0.1, 0.15) is 23.3 Å². The molecule has 3 N–H and O–H groups in total. The number of hydrogen-bond acceptors (Lipinski definition) is 9. The molecule has 0 spiro atoms. The highest BCUT2D eigenvalue weighted by atomic mass is 16.5. The zero-order valence-corrected chi connectivity index (χ0v) is 28.4. The highest BCUT2D eigenvalue weighted by Crippen LogP contribution is 2.39. The summed E-state index contributed by atoms with van der Waals surface area (Å²) in [5, 5.41) is 17.4. The molecule has 1 aromatic carbocycles. The van der Waals surface area contributed by atoms with Gasteiger partial charge in [-0.1, -0.05) is 45.0 Å². The Kier molecular flexibility index (Phi) is 9.78. The standard InChI is InChI=1S/C34H45N9O4/c1-33(2,3)26-19-27(38-29(37-26)30(44)35-17-18-42(6)7)39-32(45)36-24-14-15-25(23-12-10-9-11-22(23)24)47-21-13-16-28-40-41-31(43(28)20-21)34(4,5)46-8/h9-13,16,19-20,24-25H,14-15,17-18H2,1-8H3,(H,35,44)(H2,36,37,38,39,45)/t24-,25+/m0/s1. The van der Waals surface area contributed by atoms with E-state index in [1.807, 2.05) is 101 Å².